The predicted octanol–water partition coefficient (Wildman–Crippen LogP) is 2.79. The molecule has 4 nitrogen and oxygen atoms in total. The monoisotopic (exact) mass is 211 g/mol. The Kier molecular flexibility index (Phi) is 2.88. The van der Waals surface area contributed by atoms with Crippen molar-refractivity contribution in [2.75, 3.05) is 0 Å². The number of aromatic nitrogens is 1. The molecule has 0 spiro atoms. The molecule has 1 N–H and O–H groups in total. The lowest BCUT2D eigenvalue weighted by Crippen LogP contribution is -2.16. The van der Waals surface area contributed by atoms with E-state index in [1.807, 2.05) is 34.6 Å². The second-order valence-electron chi connectivity index (χ2n) is 4.98. The predicted molar refractivity (Wildman–Crippen MR) is 56.3 cm³/mol. The molecule has 0 aliphatic heterocycles. The van der Waals surface area contributed by atoms with Crippen LogP contribution in [-0.4, -0.2) is 16.2 Å². The molecule has 0 aliphatic carbocycles. The molecule has 4 heteroatoms. The lowest BCUT2D eigenvalue weighted by Gasteiger charge is -2.14. The normalized spacial score (nSPS) is 12.1. The van der Waals surface area contributed by atoms with Crippen molar-refractivity contribution in [3.05, 3.63) is 17.0 Å². The maximum Gasteiger partial charge on any atom is 0.341 e. The van der Waals surface area contributed by atoms with E-state index in [0.29, 0.717) is 11.5 Å². The van der Waals surface area contributed by atoms with E-state index in [-0.39, 0.29) is 16.9 Å². The average Bonchev–Trinajstić information content (AvgIpc) is 2.45. The van der Waals surface area contributed by atoms with Crippen molar-refractivity contribution in [1.29, 1.82) is 0 Å². The van der Waals surface area contributed by atoms with Crippen molar-refractivity contribution in [1.82, 2.24) is 5.16 Å². The van der Waals surface area contributed by atoms with Gasteiger partial charge in [-0.1, -0.05) is 39.8 Å². The van der Waals surface area contributed by atoms with Crippen molar-refractivity contribution in [2.24, 2.45) is 0 Å². The summed E-state index contributed by atoms with van der Waals surface area (Å²) in [5.41, 5.74) is 0.401. The molecule has 0 aromatic carbocycles. The average molecular weight is 211 g/mol. The molecule has 0 fully saturated rings. The van der Waals surface area contributed by atoms with Gasteiger partial charge in [0.2, 0.25) is 0 Å². The second-order valence-corrected chi connectivity index (χ2v) is 4.98. The molecule has 1 aromatic rings. The zero-order valence-corrected chi connectivity index (χ0v) is 9.79. The maximum atomic E-state index is 11.2. The molecule has 1 heterocycles. The van der Waals surface area contributed by atoms with Gasteiger partial charge < -0.3 is 9.63 Å². The SMILES string of the molecule is CC(C)c1noc(C(C)(C)C)c1C(=O)O. The number of hydrogen-bond donors (Lipinski definition) is 1. The molecule has 84 valence electrons. The van der Waals surface area contributed by atoms with Crippen LogP contribution in [0.4, 0.5) is 0 Å². The van der Waals surface area contributed by atoms with E-state index < -0.39 is 5.97 Å². The van der Waals surface area contributed by atoms with E-state index in [1.165, 1.54) is 0 Å². The van der Waals surface area contributed by atoms with Gasteiger partial charge in [0.25, 0.3) is 0 Å². The summed E-state index contributed by atoms with van der Waals surface area (Å²) in [6, 6.07) is 0. The number of nitrogens with zero attached hydrogens (tertiary/aromatic N) is 1. The van der Waals surface area contributed by atoms with Crippen LogP contribution in [-0.2, 0) is 5.41 Å². The van der Waals surface area contributed by atoms with Crippen LogP contribution >= 0.6 is 0 Å². The largest absolute Gasteiger partial charge is 0.477 e. The summed E-state index contributed by atoms with van der Waals surface area (Å²) in [5, 5.41) is 13.0. The van der Waals surface area contributed by atoms with Crippen LogP contribution in [0.2, 0.25) is 0 Å². The summed E-state index contributed by atoms with van der Waals surface area (Å²) in [6.07, 6.45) is 0. The van der Waals surface area contributed by atoms with Crippen LogP contribution in [0.5, 0.6) is 0 Å². The highest BCUT2D eigenvalue weighted by Gasteiger charge is 2.31. The molecule has 0 aliphatic rings. The van der Waals surface area contributed by atoms with Crippen LogP contribution in [0.1, 0.15) is 62.3 Å². The first-order chi connectivity index (χ1) is 6.75. The fraction of sp³-hybridized carbons (Fsp3) is 0.636. The van der Waals surface area contributed by atoms with Crippen LogP contribution < -0.4 is 0 Å². The van der Waals surface area contributed by atoms with Gasteiger partial charge in [0.15, 0.2) is 5.76 Å². The molecule has 0 bridgehead atoms. The first kappa shape index (κ1) is 11.8. The molecular formula is C11H17NO3. The Morgan fingerprint density at radius 2 is 1.93 bits per heavy atom. The Bertz CT molecular complexity index is 372. The van der Waals surface area contributed by atoms with E-state index in [0.717, 1.165) is 0 Å². The minimum atomic E-state index is -0.968. The Morgan fingerprint density at radius 1 is 1.40 bits per heavy atom. The highest BCUT2D eigenvalue weighted by Crippen LogP contribution is 2.30. The minimum Gasteiger partial charge on any atom is -0.477 e. The quantitative estimate of drug-likeness (QED) is 0.817. The summed E-state index contributed by atoms with van der Waals surface area (Å²) in [6.45, 7) is 9.52. The third-order valence-electron chi connectivity index (χ3n) is 2.16. The Hall–Kier alpha value is -1.32. The van der Waals surface area contributed by atoms with Crippen molar-refractivity contribution in [3.63, 3.8) is 0 Å². The molecule has 1 aromatic heterocycles. The van der Waals surface area contributed by atoms with Gasteiger partial charge >= 0.3 is 5.97 Å². The number of rotatable bonds is 2. The maximum absolute atomic E-state index is 11.2. The number of carboxylic acid groups (broad SMARTS) is 1. The van der Waals surface area contributed by atoms with Gasteiger partial charge in [-0.3, -0.25) is 0 Å². The van der Waals surface area contributed by atoms with Gasteiger partial charge in [-0.05, 0) is 5.92 Å². The minimum absolute atomic E-state index is 0.0518. The third-order valence-corrected chi connectivity index (χ3v) is 2.16. The number of carboxylic acids is 1. The molecule has 15 heavy (non-hydrogen) atoms. The summed E-state index contributed by atoms with van der Waals surface area (Å²) < 4.78 is 5.15. The summed E-state index contributed by atoms with van der Waals surface area (Å²) in [5.74, 6) is -0.473. The van der Waals surface area contributed by atoms with Gasteiger partial charge in [0, 0.05) is 5.41 Å². The van der Waals surface area contributed by atoms with Gasteiger partial charge in [0.05, 0.1) is 0 Å². The van der Waals surface area contributed by atoms with E-state index in [1.54, 1.807) is 0 Å². The van der Waals surface area contributed by atoms with Crippen LogP contribution in [0.25, 0.3) is 0 Å². The van der Waals surface area contributed by atoms with Crippen molar-refractivity contribution >= 4 is 5.97 Å². The number of hydrogen-bond acceptors (Lipinski definition) is 3. The first-order valence-corrected chi connectivity index (χ1v) is 4.98. The third kappa shape index (κ3) is 2.19. The van der Waals surface area contributed by atoms with Gasteiger partial charge in [-0.2, -0.15) is 0 Å². The lowest BCUT2D eigenvalue weighted by molar-refractivity contribution is 0.0690. The second kappa shape index (κ2) is 3.68. The number of carbonyl (C=O) groups is 1. The van der Waals surface area contributed by atoms with Crippen LogP contribution in [0.3, 0.4) is 0 Å². The van der Waals surface area contributed by atoms with Crippen molar-refractivity contribution < 1.29 is 14.4 Å². The fourth-order valence-electron chi connectivity index (χ4n) is 1.42. The lowest BCUT2D eigenvalue weighted by atomic mass is 9.88. The molecule has 0 unspecified atom stereocenters. The van der Waals surface area contributed by atoms with Gasteiger partial charge in [-0.15, -0.1) is 0 Å². The Labute approximate surface area is 89.3 Å². The van der Waals surface area contributed by atoms with Crippen molar-refractivity contribution in [3.8, 4) is 0 Å². The molecule has 0 saturated carbocycles. The van der Waals surface area contributed by atoms with Crippen molar-refractivity contribution in [2.45, 2.75) is 46.0 Å². The van der Waals surface area contributed by atoms with E-state index in [9.17, 15) is 4.79 Å². The molecule has 1 rings (SSSR count). The first-order valence-electron chi connectivity index (χ1n) is 4.98. The molecule has 0 radical (unpaired) electrons. The van der Waals surface area contributed by atoms with E-state index in [4.69, 9.17) is 9.63 Å². The fourth-order valence-corrected chi connectivity index (χ4v) is 1.42. The van der Waals surface area contributed by atoms with E-state index in [2.05, 4.69) is 5.16 Å². The topological polar surface area (TPSA) is 63.3 Å². The smallest absolute Gasteiger partial charge is 0.341 e. The van der Waals surface area contributed by atoms with Crippen LogP contribution in [0, 0.1) is 0 Å². The summed E-state index contributed by atoms with van der Waals surface area (Å²) in [7, 11) is 0. The Morgan fingerprint density at radius 3 is 2.27 bits per heavy atom. The molecule has 0 amide bonds. The van der Waals surface area contributed by atoms with Crippen LogP contribution in [0.15, 0.2) is 4.52 Å². The van der Waals surface area contributed by atoms with Gasteiger partial charge in [-0.25, -0.2) is 4.79 Å². The Balaban J connectivity index is 3.37. The zero-order chi connectivity index (χ0) is 11.8. The molecule has 0 saturated heterocycles. The summed E-state index contributed by atoms with van der Waals surface area (Å²) >= 11 is 0. The highest BCUT2D eigenvalue weighted by molar-refractivity contribution is 5.90. The number of aromatic carboxylic acids is 1. The summed E-state index contributed by atoms with van der Waals surface area (Å²) in [4.78, 5) is 11.2. The van der Waals surface area contributed by atoms with E-state index >= 15 is 0 Å². The zero-order valence-electron chi connectivity index (χ0n) is 9.79. The molecule has 0 atom stereocenters. The standard InChI is InChI=1S/C11H17NO3/c1-6(2)8-7(10(13)14)9(15-12-8)11(3,4)5/h6H,1-5H3,(H,13,14). The van der Waals surface area contributed by atoms with Gasteiger partial charge in [0.1, 0.15) is 11.3 Å². The highest BCUT2D eigenvalue weighted by atomic mass is 16.5. The molecular weight excluding hydrogens is 194 g/mol.